The van der Waals surface area contributed by atoms with Crippen LogP contribution >= 0.6 is 11.8 Å². The number of aliphatic hydroxyl groups excluding tert-OH is 1. The van der Waals surface area contributed by atoms with Crippen molar-refractivity contribution in [1.29, 1.82) is 0 Å². The van der Waals surface area contributed by atoms with Gasteiger partial charge in [-0.1, -0.05) is 12.1 Å². The summed E-state index contributed by atoms with van der Waals surface area (Å²) >= 11 is 1.45. The quantitative estimate of drug-likeness (QED) is 0.215. The smallest absolute Gasteiger partial charge is 0.326 e. The number of carboxylic acid groups (broad SMARTS) is 1. The predicted molar refractivity (Wildman–Crippen MR) is 131 cm³/mol. The average Bonchev–Trinajstić information content (AvgIpc) is 3.31. The van der Waals surface area contributed by atoms with E-state index in [0.29, 0.717) is 30.7 Å². The first-order valence-electron chi connectivity index (χ1n) is 11.4. The second-order valence-corrected chi connectivity index (χ2v) is 9.55. The number of carbonyl (C=O) groups excluding carboxylic acids is 3. The predicted octanol–water partition coefficient (Wildman–Crippen LogP) is -0.559. The number of nitrogens with one attached hydrogen (secondary N) is 2. The van der Waals surface area contributed by atoms with Crippen LogP contribution in [0.3, 0.4) is 0 Å². The van der Waals surface area contributed by atoms with E-state index >= 15 is 0 Å². The highest BCUT2D eigenvalue weighted by Crippen LogP contribution is 2.20. The molecule has 194 valence electrons. The second-order valence-electron chi connectivity index (χ2n) is 8.57. The fourth-order valence-corrected chi connectivity index (χ4v) is 4.28. The molecule has 7 N–H and O–H groups in total. The number of aromatic hydroxyl groups is 1. The SMILES string of the molecule is CSCCC(NC(=O)C(Cc1ccc(O)cc1)NC(=O)C1CCCN1C(=O)C(N)C(C)O)C(=O)O. The van der Waals surface area contributed by atoms with Gasteiger partial charge in [0.05, 0.1) is 6.10 Å². The third-order valence-electron chi connectivity index (χ3n) is 5.88. The summed E-state index contributed by atoms with van der Waals surface area (Å²) in [6.45, 7) is 1.68. The van der Waals surface area contributed by atoms with E-state index in [9.17, 15) is 34.5 Å². The van der Waals surface area contributed by atoms with Crippen LogP contribution < -0.4 is 16.4 Å². The molecule has 0 bridgehead atoms. The van der Waals surface area contributed by atoms with Crippen LogP contribution in [0.4, 0.5) is 0 Å². The molecule has 1 fully saturated rings. The Morgan fingerprint density at radius 1 is 1.17 bits per heavy atom. The molecule has 1 aliphatic rings. The molecule has 12 heteroatoms. The number of rotatable bonds is 12. The molecule has 1 aliphatic heterocycles. The summed E-state index contributed by atoms with van der Waals surface area (Å²) in [5.74, 6) is -2.41. The summed E-state index contributed by atoms with van der Waals surface area (Å²) in [5, 5.41) is 33.9. The minimum atomic E-state index is -1.18. The van der Waals surface area contributed by atoms with Crippen molar-refractivity contribution in [3.63, 3.8) is 0 Å². The zero-order chi connectivity index (χ0) is 26.1. The fourth-order valence-electron chi connectivity index (χ4n) is 3.81. The Bertz CT molecular complexity index is 896. The van der Waals surface area contributed by atoms with E-state index in [0.717, 1.165) is 0 Å². The summed E-state index contributed by atoms with van der Waals surface area (Å²) in [7, 11) is 0. The summed E-state index contributed by atoms with van der Waals surface area (Å²) in [5.41, 5.74) is 6.41. The molecule has 3 amide bonds. The zero-order valence-corrected chi connectivity index (χ0v) is 20.7. The van der Waals surface area contributed by atoms with Gasteiger partial charge in [-0.2, -0.15) is 11.8 Å². The van der Waals surface area contributed by atoms with E-state index < -0.39 is 54.0 Å². The molecular formula is C23H34N4O7S. The lowest BCUT2D eigenvalue weighted by Gasteiger charge is -2.29. The van der Waals surface area contributed by atoms with Crippen molar-refractivity contribution in [2.75, 3.05) is 18.6 Å². The first kappa shape index (κ1) is 28.4. The molecule has 5 unspecified atom stereocenters. The van der Waals surface area contributed by atoms with Gasteiger partial charge in [-0.25, -0.2) is 4.79 Å². The molecule has 1 aromatic rings. The lowest BCUT2D eigenvalue weighted by molar-refractivity contribution is -0.143. The van der Waals surface area contributed by atoms with Crippen molar-refractivity contribution >= 4 is 35.5 Å². The Balaban J connectivity index is 2.21. The van der Waals surface area contributed by atoms with Crippen LogP contribution in [0.5, 0.6) is 5.75 Å². The molecule has 0 aromatic heterocycles. The lowest BCUT2D eigenvalue weighted by atomic mass is 10.0. The van der Waals surface area contributed by atoms with Gasteiger partial charge >= 0.3 is 5.97 Å². The van der Waals surface area contributed by atoms with E-state index in [1.807, 2.05) is 6.26 Å². The number of likely N-dealkylation sites (tertiary alicyclic amines) is 1. The molecule has 0 radical (unpaired) electrons. The Kier molecular flexibility index (Phi) is 10.8. The third kappa shape index (κ3) is 8.11. The summed E-state index contributed by atoms with van der Waals surface area (Å²) < 4.78 is 0. The number of aliphatic carboxylic acids is 1. The summed E-state index contributed by atoms with van der Waals surface area (Å²) in [6, 6.07) is 1.79. The minimum Gasteiger partial charge on any atom is -0.508 e. The van der Waals surface area contributed by atoms with Gasteiger partial charge in [0.1, 0.15) is 29.9 Å². The zero-order valence-electron chi connectivity index (χ0n) is 19.8. The molecule has 1 aromatic carbocycles. The number of nitrogens with zero attached hydrogens (tertiary/aromatic N) is 1. The van der Waals surface area contributed by atoms with Crippen molar-refractivity contribution in [3.05, 3.63) is 29.8 Å². The summed E-state index contributed by atoms with van der Waals surface area (Å²) in [4.78, 5) is 51.8. The van der Waals surface area contributed by atoms with Crippen molar-refractivity contribution in [3.8, 4) is 5.75 Å². The number of amides is 3. The van der Waals surface area contributed by atoms with Crippen LogP contribution in [0.2, 0.25) is 0 Å². The highest BCUT2D eigenvalue weighted by molar-refractivity contribution is 7.98. The van der Waals surface area contributed by atoms with Gasteiger partial charge in [-0.05, 0) is 55.9 Å². The average molecular weight is 511 g/mol. The Hall–Kier alpha value is -2.83. The monoisotopic (exact) mass is 510 g/mol. The minimum absolute atomic E-state index is 0.0383. The number of benzene rings is 1. The number of phenolic OH excluding ortho intramolecular Hbond substituents is 1. The van der Waals surface area contributed by atoms with Gasteiger partial charge in [0, 0.05) is 13.0 Å². The highest BCUT2D eigenvalue weighted by Gasteiger charge is 2.38. The molecule has 35 heavy (non-hydrogen) atoms. The van der Waals surface area contributed by atoms with Gasteiger partial charge < -0.3 is 36.6 Å². The molecule has 1 saturated heterocycles. The maximum Gasteiger partial charge on any atom is 0.326 e. The van der Waals surface area contributed by atoms with Gasteiger partial charge in [0.25, 0.3) is 0 Å². The van der Waals surface area contributed by atoms with E-state index in [-0.39, 0.29) is 18.6 Å². The van der Waals surface area contributed by atoms with Gasteiger partial charge in [0.15, 0.2) is 0 Å². The molecule has 5 atom stereocenters. The normalized spacial score (nSPS) is 18.9. The maximum absolute atomic E-state index is 13.2. The number of nitrogens with two attached hydrogens (primary N) is 1. The topological polar surface area (TPSA) is 182 Å². The number of thioether (sulfide) groups is 1. The Morgan fingerprint density at radius 3 is 2.40 bits per heavy atom. The standard InChI is InChI=1S/C23H34N4O7S/c1-13(28)19(24)22(32)27-10-3-4-18(27)21(31)26-17(12-14-5-7-15(29)8-6-14)20(30)25-16(23(33)34)9-11-35-2/h5-8,13,16-19,28-29H,3-4,9-12,24H2,1-2H3,(H,25,30)(H,26,31)(H,33,34). The maximum atomic E-state index is 13.2. The van der Waals surface area contributed by atoms with Crippen LogP contribution in [0.15, 0.2) is 24.3 Å². The van der Waals surface area contributed by atoms with E-state index in [2.05, 4.69) is 10.6 Å². The van der Waals surface area contributed by atoms with Crippen molar-refractivity contribution < 1.29 is 34.5 Å². The molecule has 0 saturated carbocycles. The van der Waals surface area contributed by atoms with Crippen molar-refractivity contribution in [2.24, 2.45) is 5.73 Å². The molecule has 11 nitrogen and oxygen atoms in total. The second kappa shape index (κ2) is 13.3. The highest BCUT2D eigenvalue weighted by atomic mass is 32.2. The van der Waals surface area contributed by atoms with Crippen molar-refractivity contribution in [2.45, 2.75) is 62.9 Å². The van der Waals surface area contributed by atoms with Gasteiger partial charge in [-0.3, -0.25) is 14.4 Å². The number of carbonyl (C=O) groups is 4. The molecule has 0 aliphatic carbocycles. The molecule has 2 rings (SSSR count). The first-order chi connectivity index (χ1) is 16.5. The molecule has 0 spiro atoms. The molecule has 1 heterocycles. The Labute approximate surface area is 208 Å². The van der Waals surface area contributed by atoms with Crippen molar-refractivity contribution in [1.82, 2.24) is 15.5 Å². The number of hydrogen-bond acceptors (Lipinski definition) is 8. The number of hydrogen-bond donors (Lipinski definition) is 6. The van der Waals surface area contributed by atoms with Crippen LogP contribution in [0.25, 0.3) is 0 Å². The van der Waals surface area contributed by atoms with E-state index in [4.69, 9.17) is 5.73 Å². The van der Waals surface area contributed by atoms with Crippen LogP contribution in [0.1, 0.15) is 31.7 Å². The number of carboxylic acids is 1. The van der Waals surface area contributed by atoms with Crippen LogP contribution in [-0.4, -0.2) is 92.7 Å². The van der Waals surface area contributed by atoms with Crippen LogP contribution in [-0.2, 0) is 25.6 Å². The lowest BCUT2D eigenvalue weighted by Crippen LogP contribution is -2.58. The van der Waals surface area contributed by atoms with E-state index in [1.54, 1.807) is 12.1 Å². The third-order valence-corrected chi connectivity index (χ3v) is 6.52. The van der Waals surface area contributed by atoms with Gasteiger partial charge in [-0.15, -0.1) is 0 Å². The number of phenols is 1. The number of aliphatic hydroxyl groups is 1. The van der Waals surface area contributed by atoms with Crippen LogP contribution in [0, 0.1) is 0 Å². The van der Waals surface area contributed by atoms with Gasteiger partial charge in [0.2, 0.25) is 17.7 Å². The summed E-state index contributed by atoms with van der Waals surface area (Å²) in [6.07, 6.45) is 1.91. The van der Waals surface area contributed by atoms with E-state index in [1.165, 1.54) is 35.7 Å². The largest absolute Gasteiger partial charge is 0.508 e. The Morgan fingerprint density at radius 2 is 1.83 bits per heavy atom. The fraction of sp³-hybridized carbons (Fsp3) is 0.565. The first-order valence-corrected chi connectivity index (χ1v) is 12.8. The molecular weight excluding hydrogens is 476 g/mol.